The molecule has 0 radical (unpaired) electrons. The fourth-order valence-corrected chi connectivity index (χ4v) is 3.86. The first kappa shape index (κ1) is 15.9. The summed E-state index contributed by atoms with van der Waals surface area (Å²) in [7, 11) is -1.68. The van der Waals surface area contributed by atoms with Gasteiger partial charge in [0.1, 0.15) is 0 Å². The van der Waals surface area contributed by atoms with Gasteiger partial charge in [-0.1, -0.05) is 35.6 Å². The molecule has 1 aromatic heterocycles. The van der Waals surface area contributed by atoms with E-state index in [1.165, 1.54) is 12.1 Å². The first-order valence-electron chi connectivity index (χ1n) is 7.07. The van der Waals surface area contributed by atoms with Crippen molar-refractivity contribution in [3.05, 3.63) is 54.1 Å². The Morgan fingerprint density at radius 2 is 1.78 bits per heavy atom. The lowest BCUT2D eigenvalue weighted by Crippen LogP contribution is -2.21. The third-order valence-corrected chi connectivity index (χ3v) is 5.91. The van der Waals surface area contributed by atoms with E-state index in [0.717, 1.165) is 20.9 Å². The number of hydrogen-bond acceptors (Lipinski definition) is 5. The molecule has 2 N–H and O–H groups in total. The van der Waals surface area contributed by atoms with Crippen molar-refractivity contribution in [1.82, 2.24) is 4.98 Å². The maximum absolute atomic E-state index is 11.3. The van der Waals surface area contributed by atoms with Gasteiger partial charge in [-0.15, -0.1) is 0 Å². The Labute approximate surface area is 139 Å². The lowest BCUT2D eigenvalue weighted by Gasteiger charge is -2.24. The van der Waals surface area contributed by atoms with Crippen LogP contribution in [0.3, 0.4) is 0 Å². The van der Waals surface area contributed by atoms with E-state index in [1.807, 2.05) is 25.2 Å². The van der Waals surface area contributed by atoms with E-state index >= 15 is 0 Å². The number of anilines is 1. The van der Waals surface area contributed by atoms with Gasteiger partial charge in [-0.2, -0.15) is 0 Å². The molecule has 1 heterocycles. The third-order valence-electron chi connectivity index (χ3n) is 3.86. The number of nitrogens with two attached hydrogens (primary N) is 1. The molecular formula is C16H17N3O2S2. The van der Waals surface area contributed by atoms with Gasteiger partial charge in [-0.05, 0) is 36.8 Å². The molecule has 2 aromatic carbocycles. The Hall–Kier alpha value is -1.96. The van der Waals surface area contributed by atoms with Gasteiger partial charge in [0.05, 0.1) is 21.2 Å². The third kappa shape index (κ3) is 3.21. The predicted octanol–water partition coefficient (Wildman–Crippen LogP) is 3.14. The number of thiazole rings is 1. The number of primary sulfonamides is 1. The van der Waals surface area contributed by atoms with E-state index < -0.39 is 10.0 Å². The second kappa shape index (κ2) is 5.92. The topological polar surface area (TPSA) is 76.3 Å². The van der Waals surface area contributed by atoms with Crippen LogP contribution < -0.4 is 10.0 Å². The molecule has 0 unspecified atom stereocenters. The van der Waals surface area contributed by atoms with Crippen LogP contribution in [0.1, 0.15) is 18.5 Å². The van der Waals surface area contributed by atoms with Crippen molar-refractivity contribution in [2.75, 3.05) is 11.9 Å². The van der Waals surface area contributed by atoms with Crippen LogP contribution in [-0.4, -0.2) is 20.4 Å². The summed E-state index contributed by atoms with van der Waals surface area (Å²) < 4.78 is 23.8. The van der Waals surface area contributed by atoms with E-state index in [4.69, 9.17) is 5.14 Å². The monoisotopic (exact) mass is 347 g/mol. The van der Waals surface area contributed by atoms with E-state index in [-0.39, 0.29) is 10.9 Å². The molecule has 0 aliphatic carbocycles. The number of sulfonamides is 1. The number of fused-ring (bicyclic) bond motifs is 1. The smallest absolute Gasteiger partial charge is 0.238 e. The quantitative estimate of drug-likeness (QED) is 0.786. The number of hydrogen-bond donors (Lipinski definition) is 1. The molecule has 0 saturated heterocycles. The van der Waals surface area contributed by atoms with Gasteiger partial charge in [0.2, 0.25) is 10.0 Å². The van der Waals surface area contributed by atoms with Gasteiger partial charge in [0.15, 0.2) is 5.13 Å². The van der Waals surface area contributed by atoms with Crippen LogP contribution in [0.25, 0.3) is 10.2 Å². The summed E-state index contributed by atoms with van der Waals surface area (Å²) in [6.07, 6.45) is 0. The highest BCUT2D eigenvalue weighted by Gasteiger charge is 2.17. The van der Waals surface area contributed by atoms with Gasteiger partial charge in [-0.3, -0.25) is 0 Å². The van der Waals surface area contributed by atoms with Crippen LogP contribution in [0, 0.1) is 0 Å². The Morgan fingerprint density at radius 1 is 1.13 bits per heavy atom. The molecule has 3 aromatic rings. The zero-order valence-electron chi connectivity index (χ0n) is 12.8. The average Bonchev–Trinajstić information content (AvgIpc) is 2.96. The molecule has 0 amide bonds. The molecule has 7 heteroatoms. The molecule has 0 aliphatic heterocycles. The number of benzene rings is 2. The molecule has 0 fully saturated rings. The molecule has 0 aliphatic rings. The van der Waals surface area contributed by atoms with Gasteiger partial charge in [-0.25, -0.2) is 18.5 Å². The molecule has 23 heavy (non-hydrogen) atoms. The first-order chi connectivity index (χ1) is 10.9. The van der Waals surface area contributed by atoms with Gasteiger partial charge in [0, 0.05) is 7.05 Å². The Bertz CT molecular complexity index is 900. The molecule has 3 rings (SSSR count). The maximum Gasteiger partial charge on any atom is 0.238 e. The summed E-state index contributed by atoms with van der Waals surface area (Å²) in [5, 5.41) is 6.06. The molecular weight excluding hydrogens is 330 g/mol. The summed E-state index contributed by atoms with van der Waals surface area (Å²) in [4.78, 5) is 6.85. The van der Waals surface area contributed by atoms with E-state index in [2.05, 4.69) is 22.9 Å². The maximum atomic E-state index is 11.3. The Kier molecular flexibility index (Phi) is 4.09. The lowest BCUT2D eigenvalue weighted by atomic mass is 10.1. The van der Waals surface area contributed by atoms with Crippen LogP contribution in [0.4, 0.5) is 5.13 Å². The van der Waals surface area contributed by atoms with Crippen molar-refractivity contribution in [2.24, 2.45) is 5.14 Å². The normalized spacial score (nSPS) is 13.2. The summed E-state index contributed by atoms with van der Waals surface area (Å²) in [6.45, 7) is 2.05. The zero-order chi connectivity index (χ0) is 16.6. The van der Waals surface area contributed by atoms with Gasteiger partial charge in [0.25, 0.3) is 0 Å². The van der Waals surface area contributed by atoms with E-state index in [0.29, 0.717) is 0 Å². The fraction of sp³-hybridized carbons (Fsp3) is 0.188. The van der Waals surface area contributed by atoms with Crippen molar-refractivity contribution in [3.8, 4) is 0 Å². The van der Waals surface area contributed by atoms with E-state index in [1.54, 1.807) is 23.5 Å². The van der Waals surface area contributed by atoms with E-state index in [9.17, 15) is 8.42 Å². The number of nitrogens with zero attached hydrogens (tertiary/aromatic N) is 2. The van der Waals surface area contributed by atoms with Crippen molar-refractivity contribution in [3.63, 3.8) is 0 Å². The zero-order valence-corrected chi connectivity index (χ0v) is 14.4. The lowest BCUT2D eigenvalue weighted by molar-refractivity contribution is 0.597. The molecule has 0 bridgehead atoms. The van der Waals surface area contributed by atoms with Crippen molar-refractivity contribution < 1.29 is 8.42 Å². The van der Waals surface area contributed by atoms with Crippen LogP contribution in [-0.2, 0) is 10.0 Å². The second-order valence-electron chi connectivity index (χ2n) is 5.37. The number of aromatic nitrogens is 1. The minimum absolute atomic E-state index is 0.0603. The van der Waals surface area contributed by atoms with Crippen LogP contribution in [0.5, 0.6) is 0 Å². The Balaban J connectivity index is 1.88. The highest BCUT2D eigenvalue weighted by atomic mass is 32.2. The molecule has 0 saturated carbocycles. The standard InChI is InChI=1S/C16H17N3O2S2/c1-11(12-7-9-13(10-8-12)23(17,20)21)19(2)16-18-14-5-3-4-6-15(14)22-16/h3-11H,1-2H3,(H2,17,20,21)/t11-/m0/s1. The Morgan fingerprint density at radius 3 is 2.39 bits per heavy atom. The predicted molar refractivity (Wildman–Crippen MR) is 94.3 cm³/mol. The SMILES string of the molecule is C[C@@H](c1ccc(S(N)(=O)=O)cc1)N(C)c1nc2ccccc2s1. The second-order valence-corrected chi connectivity index (χ2v) is 7.94. The highest BCUT2D eigenvalue weighted by Crippen LogP contribution is 2.32. The molecule has 1 atom stereocenters. The minimum atomic E-state index is -3.66. The van der Waals surface area contributed by atoms with Crippen LogP contribution in [0.15, 0.2) is 53.4 Å². The molecule has 5 nitrogen and oxygen atoms in total. The average molecular weight is 347 g/mol. The summed E-state index contributed by atoms with van der Waals surface area (Å²) in [5.41, 5.74) is 1.98. The number of para-hydroxylation sites is 1. The summed E-state index contributed by atoms with van der Waals surface area (Å²) >= 11 is 1.63. The minimum Gasteiger partial charge on any atom is -0.344 e. The first-order valence-corrected chi connectivity index (χ1v) is 9.44. The summed E-state index contributed by atoms with van der Waals surface area (Å²) in [5.74, 6) is 0. The molecule has 120 valence electrons. The largest absolute Gasteiger partial charge is 0.344 e. The van der Waals surface area contributed by atoms with Gasteiger partial charge >= 0.3 is 0 Å². The van der Waals surface area contributed by atoms with Crippen LogP contribution in [0.2, 0.25) is 0 Å². The summed E-state index contributed by atoms with van der Waals surface area (Å²) in [6, 6.07) is 14.7. The highest BCUT2D eigenvalue weighted by molar-refractivity contribution is 7.89. The van der Waals surface area contributed by atoms with Crippen molar-refractivity contribution >= 4 is 36.7 Å². The van der Waals surface area contributed by atoms with Gasteiger partial charge < -0.3 is 4.90 Å². The van der Waals surface area contributed by atoms with Crippen LogP contribution >= 0.6 is 11.3 Å². The fourth-order valence-electron chi connectivity index (χ4n) is 2.34. The van der Waals surface area contributed by atoms with Crippen molar-refractivity contribution in [2.45, 2.75) is 17.9 Å². The number of rotatable bonds is 4. The van der Waals surface area contributed by atoms with Crippen molar-refractivity contribution in [1.29, 1.82) is 0 Å². The molecule has 0 spiro atoms.